The van der Waals surface area contributed by atoms with Crippen LogP contribution in [0.5, 0.6) is 0 Å². The molecule has 0 radical (unpaired) electrons. The first-order valence-electron chi connectivity index (χ1n) is 25.2. The van der Waals surface area contributed by atoms with Gasteiger partial charge in [0, 0.05) is 30.6 Å². The van der Waals surface area contributed by atoms with Gasteiger partial charge in [0.1, 0.15) is 36.3 Å². The van der Waals surface area contributed by atoms with Crippen LogP contribution < -0.4 is 76.9 Å². The molecule has 0 spiro atoms. The van der Waals surface area contributed by atoms with E-state index in [0.717, 1.165) is 0 Å². The number of aliphatic imine (C=N–C) groups is 2. The van der Waals surface area contributed by atoms with E-state index in [1.807, 2.05) is 0 Å². The molecule has 0 saturated heterocycles. The molecular weight excluding hydrogens is 1040 g/mol. The minimum absolute atomic E-state index is 0.00190. The highest BCUT2D eigenvalue weighted by Crippen LogP contribution is 2.15. The molecule has 0 unspecified atom stereocenters. The lowest BCUT2D eigenvalue weighted by Crippen LogP contribution is -2.63. The maximum absolute atomic E-state index is 14.3. The summed E-state index contributed by atoms with van der Waals surface area (Å²) in [6.07, 6.45) is 0.929. The largest absolute Gasteiger partial charge is 0.394 e. The zero-order valence-corrected chi connectivity index (χ0v) is 45.3. The van der Waals surface area contributed by atoms with Crippen LogP contribution >= 0.6 is 11.6 Å². The summed E-state index contributed by atoms with van der Waals surface area (Å²) in [7, 11) is 0. The molecule has 22 N–H and O–H groups in total. The van der Waals surface area contributed by atoms with E-state index in [-0.39, 0.29) is 81.8 Å². The van der Waals surface area contributed by atoms with Gasteiger partial charge < -0.3 is 87.1 Å². The second-order valence-electron chi connectivity index (χ2n) is 18.8. The number of primary amides is 1. The number of hydrogen-bond donors (Lipinski definition) is 16. The van der Waals surface area contributed by atoms with Gasteiger partial charge in [-0.2, -0.15) is 0 Å². The van der Waals surface area contributed by atoms with E-state index in [9.17, 15) is 53.4 Å². The third-order valence-corrected chi connectivity index (χ3v) is 12.0. The molecule has 9 amide bonds. The quantitative estimate of drug-likeness (QED) is 0.0174. The van der Waals surface area contributed by atoms with Gasteiger partial charge in [-0.3, -0.25) is 53.1 Å². The number of aliphatic hydroxyl groups excluding tert-OH is 2. The van der Waals surface area contributed by atoms with Gasteiger partial charge in [-0.05, 0) is 68.6 Å². The summed E-state index contributed by atoms with van der Waals surface area (Å²) in [5.74, 6) is -8.87. The Morgan fingerprint density at radius 2 is 1.24 bits per heavy atom. The Bertz CT molecular complexity index is 2380. The third kappa shape index (κ3) is 24.5. The van der Waals surface area contributed by atoms with Crippen molar-refractivity contribution in [3.63, 3.8) is 0 Å². The number of guanidine groups is 2. The molecule has 1 aromatic heterocycles. The molecule has 9 atom stereocenters. The monoisotopic (exact) mass is 1120 g/mol. The number of nitrogens with zero attached hydrogens (tertiary/aromatic N) is 5. The number of benzene rings is 1. The number of rotatable bonds is 35. The number of aromatic nitrogens is 3. The average molecular weight is 1120 g/mol. The van der Waals surface area contributed by atoms with Crippen LogP contribution in [0, 0.1) is 11.8 Å². The number of hydrogen-bond acceptors (Lipinski definition) is 16. The van der Waals surface area contributed by atoms with Crippen LogP contribution in [0.2, 0.25) is 5.02 Å². The van der Waals surface area contributed by atoms with Crippen molar-refractivity contribution in [1.29, 1.82) is 0 Å². The lowest BCUT2D eigenvalue weighted by atomic mass is 9.97. The molecule has 1 heterocycles. The maximum atomic E-state index is 14.3. The molecular formula is C47H78ClN19O11. The molecule has 0 saturated carbocycles. The summed E-state index contributed by atoms with van der Waals surface area (Å²) >= 11 is 6.12. The van der Waals surface area contributed by atoms with E-state index in [0.29, 0.717) is 23.4 Å². The number of amides is 9. The zero-order chi connectivity index (χ0) is 58.6. The van der Waals surface area contributed by atoms with Gasteiger partial charge in [-0.1, -0.05) is 63.1 Å². The minimum atomic E-state index is -1.73. The molecule has 2 rings (SSSR count). The number of aliphatic hydroxyl groups is 2. The van der Waals surface area contributed by atoms with Crippen LogP contribution in [-0.4, -0.2) is 171 Å². The van der Waals surface area contributed by atoms with Gasteiger partial charge in [0.05, 0.1) is 38.5 Å². The summed E-state index contributed by atoms with van der Waals surface area (Å²) in [6, 6.07) is -2.91. The lowest BCUT2D eigenvalue weighted by Gasteiger charge is -2.30. The van der Waals surface area contributed by atoms with Gasteiger partial charge in [0.15, 0.2) is 17.6 Å². The molecule has 78 heavy (non-hydrogen) atoms. The predicted molar refractivity (Wildman–Crippen MR) is 287 cm³/mol. The third-order valence-electron chi connectivity index (χ3n) is 11.7. The average Bonchev–Trinajstić information content (AvgIpc) is 3.85. The van der Waals surface area contributed by atoms with E-state index >= 15 is 0 Å². The Morgan fingerprint density at radius 3 is 1.79 bits per heavy atom. The molecule has 1 aromatic carbocycles. The van der Waals surface area contributed by atoms with E-state index in [4.69, 9.17) is 46.0 Å². The van der Waals surface area contributed by atoms with Crippen molar-refractivity contribution in [3.05, 3.63) is 46.7 Å². The van der Waals surface area contributed by atoms with Crippen LogP contribution in [-0.2, 0) is 51.3 Å². The SMILES string of the molecule is CC[C@H](C)[C@H](NC(=O)[C@@H](NC(=O)[C@H](CC(C)C)NC(=O)[C@H](Cc1ccc(Cl)cc1)NC(=O)c1cn(C[C@H](CCCN=C(N)N)NC(=O)CN)nn1)[C@@H](C)O)C(=O)N[C@@H](CO)C(=O)N[C@@H](CCCN=C(N)N)C(=O)NCC(N)=O. The molecule has 434 valence electrons. The smallest absolute Gasteiger partial charge is 0.274 e. The van der Waals surface area contributed by atoms with Crippen molar-refractivity contribution in [2.45, 2.75) is 135 Å². The van der Waals surface area contributed by atoms with Crippen LogP contribution in [0.1, 0.15) is 89.2 Å². The predicted octanol–water partition coefficient (Wildman–Crippen LogP) is -5.69. The molecule has 31 heteroatoms. The lowest BCUT2D eigenvalue weighted by molar-refractivity contribution is -0.137. The van der Waals surface area contributed by atoms with Gasteiger partial charge in [0.2, 0.25) is 47.3 Å². The Kier molecular flexibility index (Phi) is 29.1. The minimum Gasteiger partial charge on any atom is -0.394 e. The van der Waals surface area contributed by atoms with Crippen molar-refractivity contribution in [2.75, 3.05) is 32.8 Å². The first-order valence-corrected chi connectivity index (χ1v) is 25.6. The second kappa shape index (κ2) is 34.1. The van der Waals surface area contributed by atoms with Crippen LogP contribution in [0.25, 0.3) is 0 Å². The van der Waals surface area contributed by atoms with E-state index < -0.39 is 121 Å². The van der Waals surface area contributed by atoms with E-state index in [2.05, 4.69) is 62.8 Å². The number of carbonyl (C=O) groups is 9. The fraction of sp³-hybridized carbons (Fsp3) is 0.596. The van der Waals surface area contributed by atoms with Crippen molar-refractivity contribution in [1.82, 2.24) is 57.5 Å². The van der Waals surface area contributed by atoms with Gasteiger partial charge >= 0.3 is 0 Å². The first kappa shape index (κ1) is 66.4. The number of nitrogens with one attached hydrogen (secondary N) is 8. The van der Waals surface area contributed by atoms with Crippen molar-refractivity contribution in [3.8, 4) is 0 Å². The first-order chi connectivity index (χ1) is 36.8. The molecule has 30 nitrogen and oxygen atoms in total. The molecule has 0 fully saturated rings. The van der Waals surface area contributed by atoms with Crippen LogP contribution in [0.4, 0.5) is 0 Å². The highest BCUT2D eigenvalue weighted by atomic mass is 35.5. The normalized spacial score (nSPS) is 14.5. The summed E-state index contributed by atoms with van der Waals surface area (Å²) in [6.45, 7) is 6.68. The number of halogens is 1. The highest BCUT2D eigenvalue weighted by Gasteiger charge is 2.37. The van der Waals surface area contributed by atoms with Crippen LogP contribution in [0.15, 0.2) is 40.4 Å². The Labute approximate surface area is 456 Å². The number of nitrogens with two attached hydrogens (primary N) is 6. The van der Waals surface area contributed by atoms with Crippen LogP contribution in [0.3, 0.4) is 0 Å². The summed E-state index contributed by atoms with van der Waals surface area (Å²) < 4.78 is 1.32. The van der Waals surface area contributed by atoms with Gasteiger partial charge in [0.25, 0.3) is 5.91 Å². The Morgan fingerprint density at radius 1 is 0.692 bits per heavy atom. The molecule has 2 aromatic rings. The van der Waals surface area contributed by atoms with E-state index in [1.165, 1.54) is 17.8 Å². The van der Waals surface area contributed by atoms with Gasteiger partial charge in [-0.25, -0.2) is 4.68 Å². The summed E-state index contributed by atoms with van der Waals surface area (Å²) in [5.41, 5.74) is 32.6. The fourth-order valence-electron chi connectivity index (χ4n) is 7.43. The Hall–Kier alpha value is -7.70. The standard InChI is InChI=1S/C47H78ClN19O11/c1-6-25(4)37(44(77)62-34(23-68)43(76)59-30(10-8-16-56-47(53)54)39(72)57-20-35(50)70)63-45(78)38(26(5)69)64-41(74)31(17-24(2)3)60-40(73)32(18-27-11-13-28(48)14-12-27)61-42(75)33-22-67(66-65-33)21-29(58-36(71)19-49)9-7-15-55-46(51)52/h11-14,22,24-26,29-32,34,37-38,68-69H,6-10,15-21,23,49H2,1-5H3,(H2,50,70)(H,57,72)(H,58,71)(H,59,76)(H,60,73)(H,61,75)(H,62,77)(H,63,78)(H,64,74)(H4,51,52,55)(H4,53,54,56)/t25-,26+,29-,30-,31-,32-,34-,37-,38-/m0/s1. The number of carbonyl (C=O) groups excluding carboxylic acids is 9. The zero-order valence-electron chi connectivity index (χ0n) is 44.5. The summed E-state index contributed by atoms with van der Waals surface area (Å²) in [5, 5.41) is 49.7. The molecule has 0 aliphatic heterocycles. The van der Waals surface area contributed by atoms with Crippen molar-refractivity contribution in [2.24, 2.45) is 56.2 Å². The van der Waals surface area contributed by atoms with Gasteiger partial charge in [-0.15, -0.1) is 5.10 Å². The Balaban J connectivity index is 2.36. The summed E-state index contributed by atoms with van der Waals surface area (Å²) in [4.78, 5) is 128. The maximum Gasteiger partial charge on any atom is 0.274 e. The molecule has 0 aliphatic rings. The van der Waals surface area contributed by atoms with Crippen molar-refractivity contribution < 1.29 is 53.4 Å². The molecule has 0 bridgehead atoms. The second-order valence-corrected chi connectivity index (χ2v) is 19.3. The fourth-order valence-corrected chi connectivity index (χ4v) is 7.56. The molecule has 0 aliphatic carbocycles. The topological polar surface area (TPSA) is 502 Å². The van der Waals surface area contributed by atoms with E-state index in [1.54, 1.807) is 52.0 Å². The van der Waals surface area contributed by atoms with Crippen molar-refractivity contribution >= 4 is 76.7 Å². The highest BCUT2D eigenvalue weighted by molar-refractivity contribution is 6.30.